The quantitative estimate of drug-likeness (QED) is 0.718. The van der Waals surface area contributed by atoms with E-state index in [0.29, 0.717) is 30.3 Å². The van der Waals surface area contributed by atoms with Crippen molar-refractivity contribution in [3.8, 4) is 0 Å². The Morgan fingerprint density at radius 2 is 2.05 bits per heavy atom. The van der Waals surface area contributed by atoms with Gasteiger partial charge in [0.1, 0.15) is 0 Å². The highest BCUT2D eigenvalue weighted by Crippen LogP contribution is 2.18. The van der Waals surface area contributed by atoms with Gasteiger partial charge in [0, 0.05) is 36.3 Å². The summed E-state index contributed by atoms with van der Waals surface area (Å²) in [4.78, 5) is 23.7. The summed E-state index contributed by atoms with van der Waals surface area (Å²) < 4.78 is 0. The van der Waals surface area contributed by atoms with Gasteiger partial charge in [0.15, 0.2) is 0 Å². The van der Waals surface area contributed by atoms with Crippen LogP contribution in [0.2, 0.25) is 0 Å². The van der Waals surface area contributed by atoms with Gasteiger partial charge in [-0.2, -0.15) is 0 Å². The second kappa shape index (κ2) is 7.22. The average molecular weight is 289 g/mol. The molecule has 0 unspecified atom stereocenters. The van der Waals surface area contributed by atoms with Gasteiger partial charge in [0.25, 0.3) is 5.91 Å². The van der Waals surface area contributed by atoms with Crippen LogP contribution in [0.15, 0.2) is 24.3 Å². The molecule has 0 spiro atoms. The number of amides is 2. The van der Waals surface area contributed by atoms with Gasteiger partial charge in [0.2, 0.25) is 5.91 Å². The fourth-order valence-electron chi connectivity index (χ4n) is 1.98. The van der Waals surface area contributed by atoms with Crippen molar-refractivity contribution in [1.82, 2.24) is 10.6 Å². The number of nitrogens with one attached hydrogen (secondary N) is 3. The van der Waals surface area contributed by atoms with Crippen LogP contribution < -0.4 is 16.0 Å². The third-order valence-corrected chi connectivity index (χ3v) is 3.19. The van der Waals surface area contributed by atoms with E-state index >= 15 is 0 Å². The van der Waals surface area contributed by atoms with Gasteiger partial charge in [-0.3, -0.25) is 9.59 Å². The molecule has 1 aromatic carbocycles. The van der Waals surface area contributed by atoms with Crippen LogP contribution in [0.3, 0.4) is 0 Å². The van der Waals surface area contributed by atoms with E-state index in [1.807, 2.05) is 13.8 Å². The summed E-state index contributed by atoms with van der Waals surface area (Å²) in [5.74, 6) is -0.166. The Bertz CT molecular complexity index is 510. The van der Waals surface area contributed by atoms with Gasteiger partial charge >= 0.3 is 0 Å². The minimum Gasteiger partial charge on any atom is -0.350 e. The van der Waals surface area contributed by atoms with Crippen molar-refractivity contribution in [2.75, 3.05) is 11.9 Å². The van der Waals surface area contributed by atoms with Crippen molar-refractivity contribution in [3.05, 3.63) is 29.8 Å². The summed E-state index contributed by atoms with van der Waals surface area (Å²) in [6.07, 6.45) is 2.88. The fourth-order valence-corrected chi connectivity index (χ4v) is 1.98. The molecule has 5 nitrogen and oxygen atoms in total. The number of carbonyl (C=O) groups excluding carboxylic acids is 2. The lowest BCUT2D eigenvalue weighted by atomic mass is 10.1. The molecule has 1 aliphatic carbocycles. The molecule has 0 bridgehead atoms. The third kappa shape index (κ3) is 5.55. The topological polar surface area (TPSA) is 70.2 Å². The molecule has 3 N–H and O–H groups in total. The fraction of sp³-hybridized carbons (Fsp3) is 0.500. The minimum atomic E-state index is -0.128. The van der Waals surface area contributed by atoms with Gasteiger partial charge in [-0.25, -0.2) is 0 Å². The van der Waals surface area contributed by atoms with Gasteiger partial charge in [-0.1, -0.05) is 6.07 Å². The van der Waals surface area contributed by atoms with Crippen LogP contribution in [0.5, 0.6) is 0 Å². The van der Waals surface area contributed by atoms with Crippen molar-refractivity contribution >= 4 is 17.5 Å². The van der Waals surface area contributed by atoms with E-state index in [0.717, 1.165) is 0 Å². The zero-order valence-corrected chi connectivity index (χ0v) is 12.6. The lowest BCUT2D eigenvalue weighted by Crippen LogP contribution is -2.30. The minimum absolute atomic E-state index is 0.0374. The Balaban J connectivity index is 1.84. The molecule has 0 atom stereocenters. The highest BCUT2D eigenvalue weighted by atomic mass is 16.2. The predicted octanol–water partition coefficient (Wildman–Crippen LogP) is 1.91. The Morgan fingerprint density at radius 3 is 2.71 bits per heavy atom. The third-order valence-electron chi connectivity index (χ3n) is 3.19. The van der Waals surface area contributed by atoms with Crippen LogP contribution in [0.1, 0.15) is 43.5 Å². The first-order chi connectivity index (χ1) is 10.0. The average Bonchev–Trinajstić information content (AvgIpc) is 3.22. The molecule has 0 aromatic heterocycles. The monoisotopic (exact) mass is 289 g/mol. The molecule has 0 aliphatic heterocycles. The SMILES string of the molecule is CC(C)NC(=O)c1cccc(NC(=O)CCNC2CC2)c1. The smallest absolute Gasteiger partial charge is 0.251 e. The van der Waals surface area contributed by atoms with Crippen LogP contribution in [-0.2, 0) is 4.79 Å². The highest BCUT2D eigenvalue weighted by Gasteiger charge is 2.20. The molecular formula is C16H23N3O2. The molecule has 1 fully saturated rings. The zero-order chi connectivity index (χ0) is 15.2. The maximum absolute atomic E-state index is 11.9. The second-order valence-corrected chi connectivity index (χ2v) is 5.74. The van der Waals surface area contributed by atoms with Gasteiger partial charge < -0.3 is 16.0 Å². The van der Waals surface area contributed by atoms with Crippen LogP contribution >= 0.6 is 0 Å². The number of rotatable bonds is 7. The summed E-state index contributed by atoms with van der Waals surface area (Å²) in [7, 11) is 0. The number of carbonyl (C=O) groups is 2. The number of benzene rings is 1. The molecule has 114 valence electrons. The van der Waals surface area contributed by atoms with E-state index in [1.165, 1.54) is 12.8 Å². The number of hydrogen-bond acceptors (Lipinski definition) is 3. The molecule has 21 heavy (non-hydrogen) atoms. The molecular weight excluding hydrogens is 266 g/mol. The maximum Gasteiger partial charge on any atom is 0.251 e. The van der Waals surface area contributed by atoms with Crippen molar-refractivity contribution in [2.24, 2.45) is 0 Å². The summed E-state index contributed by atoms with van der Waals surface area (Å²) in [6, 6.07) is 7.70. The zero-order valence-electron chi connectivity index (χ0n) is 12.6. The Kier molecular flexibility index (Phi) is 5.33. The van der Waals surface area contributed by atoms with Crippen LogP contribution in [-0.4, -0.2) is 30.4 Å². The second-order valence-electron chi connectivity index (χ2n) is 5.74. The molecule has 2 rings (SSSR count). The van der Waals surface area contributed by atoms with Gasteiger partial charge in [-0.05, 0) is 44.9 Å². The van der Waals surface area contributed by atoms with Crippen LogP contribution in [0.4, 0.5) is 5.69 Å². The van der Waals surface area contributed by atoms with Gasteiger partial charge in [0.05, 0.1) is 0 Å². The molecule has 1 aromatic rings. The summed E-state index contributed by atoms with van der Waals surface area (Å²) in [5, 5.41) is 8.96. The number of anilines is 1. The van der Waals surface area contributed by atoms with Crippen molar-refractivity contribution in [3.63, 3.8) is 0 Å². The normalized spacial score (nSPS) is 14.0. The van der Waals surface area contributed by atoms with Crippen molar-refractivity contribution in [1.29, 1.82) is 0 Å². The lowest BCUT2D eigenvalue weighted by Gasteiger charge is -2.10. The Hall–Kier alpha value is -1.88. The maximum atomic E-state index is 11.9. The molecule has 0 heterocycles. The Morgan fingerprint density at radius 1 is 1.29 bits per heavy atom. The standard InChI is InChI=1S/C16H23N3O2/c1-11(2)18-16(21)12-4-3-5-14(10-12)19-15(20)8-9-17-13-6-7-13/h3-5,10-11,13,17H,6-9H2,1-2H3,(H,18,21)(H,19,20). The van der Waals surface area contributed by atoms with Crippen molar-refractivity contribution in [2.45, 2.75) is 45.2 Å². The first-order valence-corrected chi connectivity index (χ1v) is 7.49. The molecule has 0 radical (unpaired) electrons. The van der Waals surface area contributed by atoms with E-state index in [2.05, 4.69) is 16.0 Å². The van der Waals surface area contributed by atoms with E-state index in [4.69, 9.17) is 0 Å². The van der Waals surface area contributed by atoms with E-state index in [9.17, 15) is 9.59 Å². The molecule has 1 aliphatic rings. The molecule has 1 saturated carbocycles. The van der Waals surface area contributed by atoms with Crippen LogP contribution in [0.25, 0.3) is 0 Å². The Labute approximate surface area is 125 Å². The van der Waals surface area contributed by atoms with E-state index in [1.54, 1.807) is 24.3 Å². The summed E-state index contributed by atoms with van der Waals surface area (Å²) in [5.41, 5.74) is 1.21. The van der Waals surface area contributed by atoms with Gasteiger partial charge in [-0.15, -0.1) is 0 Å². The largest absolute Gasteiger partial charge is 0.350 e. The number of hydrogen-bond donors (Lipinski definition) is 3. The summed E-state index contributed by atoms with van der Waals surface area (Å²) in [6.45, 7) is 4.52. The summed E-state index contributed by atoms with van der Waals surface area (Å²) >= 11 is 0. The highest BCUT2D eigenvalue weighted by molar-refractivity contribution is 5.97. The molecule has 0 saturated heterocycles. The first kappa shape index (κ1) is 15.5. The first-order valence-electron chi connectivity index (χ1n) is 7.49. The van der Waals surface area contributed by atoms with Crippen LogP contribution in [0, 0.1) is 0 Å². The van der Waals surface area contributed by atoms with E-state index in [-0.39, 0.29) is 17.9 Å². The predicted molar refractivity (Wildman–Crippen MR) is 83.3 cm³/mol. The molecule has 5 heteroatoms. The molecule has 2 amide bonds. The van der Waals surface area contributed by atoms with E-state index < -0.39 is 0 Å². The lowest BCUT2D eigenvalue weighted by molar-refractivity contribution is -0.116. The van der Waals surface area contributed by atoms with Crippen molar-refractivity contribution < 1.29 is 9.59 Å².